The fourth-order valence-corrected chi connectivity index (χ4v) is 3.98. The molecule has 0 bridgehead atoms. The Morgan fingerprint density at radius 1 is 1.50 bits per heavy atom. The molecule has 0 atom stereocenters. The predicted molar refractivity (Wildman–Crippen MR) is 75.0 cm³/mol. The summed E-state index contributed by atoms with van der Waals surface area (Å²) in [6, 6.07) is 2.11. The van der Waals surface area contributed by atoms with Crippen LogP contribution < -0.4 is 5.73 Å². The van der Waals surface area contributed by atoms with Gasteiger partial charge in [-0.2, -0.15) is 0 Å². The van der Waals surface area contributed by atoms with E-state index in [-0.39, 0.29) is 0 Å². The van der Waals surface area contributed by atoms with Gasteiger partial charge in [0, 0.05) is 21.3 Å². The second-order valence-corrected chi connectivity index (χ2v) is 6.38. The van der Waals surface area contributed by atoms with Gasteiger partial charge in [0.1, 0.15) is 5.01 Å². The van der Waals surface area contributed by atoms with E-state index in [0.717, 1.165) is 22.3 Å². The number of nitrogens with zero attached hydrogens (tertiary/aromatic N) is 1. The predicted octanol–water partition coefficient (Wildman–Crippen LogP) is 4.05. The van der Waals surface area contributed by atoms with Crippen LogP contribution in [0.25, 0.3) is 9.88 Å². The molecule has 2 heterocycles. The van der Waals surface area contributed by atoms with E-state index < -0.39 is 0 Å². The molecule has 2 nitrogen and oxygen atoms in total. The Labute approximate surface area is 112 Å². The average molecular weight is 317 g/mol. The lowest BCUT2D eigenvalue weighted by Crippen LogP contribution is -1.97. The molecule has 0 amide bonds. The number of nitrogens with two attached hydrogens (primary N) is 1. The van der Waals surface area contributed by atoms with Crippen LogP contribution in [0.2, 0.25) is 0 Å². The minimum atomic E-state index is 0.597. The first-order valence-electron chi connectivity index (χ1n) is 5.17. The molecular weight excluding hydrogens is 304 g/mol. The van der Waals surface area contributed by atoms with Gasteiger partial charge in [-0.25, -0.2) is 4.98 Å². The summed E-state index contributed by atoms with van der Waals surface area (Å²) in [7, 11) is 0. The van der Waals surface area contributed by atoms with Crippen molar-refractivity contribution in [2.24, 2.45) is 5.73 Å². The molecular formula is C11H13BrN2S2. The van der Waals surface area contributed by atoms with Crippen LogP contribution in [0.3, 0.4) is 0 Å². The van der Waals surface area contributed by atoms with Crippen LogP contribution in [0.1, 0.15) is 23.9 Å². The van der Waals surface area contributed by atoms with E-state index in [9.17, 15) is 0 Å². The Hall–Kier alpha value is -0.230. The quantitative estimate of drug-likeness (QED) is 0.924. The summed E-state index contributed by atoms with van der Waals surface area (Å²) in [5, 5.41) is 3.18. The number of aryl methyl sites for hydroxylation is 1. The van der Waals surface area contributed by atoms with Gasteiger partial charge in [-0.05, 0) is 28.4 Å². The van der Waals surface area contributed by atoms with Gasteiger partial charge in [0.15, 0.2) is 0 Å². The standard InChI is InChI=1S/C11H13BrN2S2/c1-2-3-8-10(5-13)16-11(14-8)9-4-7(12)6-15-9/h4,6H,2-3,5,13H2,1H3. The van der Waals surface area contributed by atoms with Gasteiger partial charge in [-0.1, -0.05) is 13.3 Å². The molecule has 0 spiro atoms. The van der Waals surface area contributed by atoms with E-state index in [1.165, 1.54) is 15.4 Å². The zero-order chi connectivity index (χ0) is 11.5. The second kappa shape index (κ2) is 5.40. The normalized spacial score (nSPS) is 10.9. The van der Waals surface area contributed by atoms with Crippen LogP contribution in [0.5, 0.6) is 0 Å². The first-order valence-corrected chi connectivity index (χ1v) is 7.66. The first kappa shape index (κ1) is 12.2. The maximum Gasteiger partial charge on any atom is 0.133 e. The van der Waals surface area contributed by atoms with E-state index in [0.29, 0.717) is 6.54 Å². The molecule has 2 aromatic rings. The summed E-state index contributed by atoms with van der Waals surface area (Å²) in [5.41, 5.74) is 6.92. The van der Waals surface area contributed by atoms with E-state index >= 15 is 0 Å². The van der Waals surface area contributed by atoms with Crippen LogP contribution in [0.15, 0.2) is 15.9 Å². The van der Waals surface area contributed by atoms with Gasteiger partial charge in [0.05, 0.1) is 10.6 Å². The van der Waals surface area contributed by atoms with Crippen LogP contribution in [-0.2, 0) is 13.0 Å². The molecule has 2 rings (SSSR count). The lowest BCUT2D eigenvalue weighted by molar-refractivity contribution is 0.872. The lowest BCUT2D eigenvalue weighted by atomic mass is 10.2. The Kier molecular flexibility index (Phi) is 4.13. The third-order valence-electron chi connectivity index (χ3n) is 2.23. The highest BCUT2D eigenvalue weighted by Gasteiger charge is 2.12. The molecule has 0 fully saturated rings. The molecule has 2 aromatic heterocycles. The number of hydrogen-bond donors (Lipinski definition) is 1. The van der Waals surface area contributed by atoms with Crippen molar-refractivity contribution in [1.29, 1.82) is 0 Å². The lowest BCUT2D eigenvalue weighted by Gasteiger charge is -1.94. The van der Waals surface area contributed by atoms with Crippen molar-refractivity contribution >= 4 is 38.6 Å². The Morgan fingerprint density at radius 3 is 2.88 bits per heavy atom. The molecule has 0 saturated heterocycles. The summed E-state index contributed by atoms with van der Waals surface area (Å²) in [6.45, 7) is 2.76. The largest absolute Gasteiger partial charge is 0.326 e. The zero-order valence-electron chi connectivity index (χ0n) is 9.00. The third-order valence-corrected chi connectivity index (χ3v) is 5.21. The molecule has 0 aliphatic heterocycles. The highest BCUT2D eigenvalue weighted by Crippen LogP contribution is 2.34. The van der Waals surface area contributed by atoms with Gasteiger partial charge in [0.25, 0.3) is 0 Å². The number of rotatable bonds is 4. The number of hydrogen-bond acceptors (Lipinski definition) is 4. The molecule has 0 saturated carbocycles. The molecule has 0 aliphatic carbocycles. The molecule has 86 valence electrons. The highest BCUT2D eigenvalue weighted by atomic mass is 79.9. The number of aromatic nitrogens is 1. The summed E-state index contributed by atoms with van der Waals surface area (Å²) in [4.78, 5) is 7.12. The average Bonchev–Trinajstić information content (AvgIpc) is 2.85. The SMILES string of the molecule is CCCc1nc(-c2cc(Br)cs2)sc1CN. The maximum absolute atomic E-state index is 5.74. The summed E-state index contributed by atoms with van der Waals surface area (Å²) < 4.78 is 1.12. The monoisotopic (exact) mass is 316 g/mol. The first-order chi connectivity index (χ1) is 7.74. The molecule has 0 aliphatic rings. The van der Waals surface area contributed by atoms with Gasteiger partial charge in [-0.3, -0.25) is 0 Å². The fraction of sp³-hybridized carbons (Fsp3) is 0.364. The minimum absolute atomic E-state index is 0.597. The summed E-state index contributed by atoms with van der Waals surface area (Å²) >= 11 is 6.90. The van der Waals surface area contributed by atoms with Crippen LogP contribution in [-0.4, -0.2) is 4.98 Å². The molecule has 16 heavy (non-hydrogen) atoms. The van der Waals surface area contributed by atoms with Crippen molar-refractivity contribution in [1.82, 2.24) is 4.98 Å². The fourth-order valence-electron chi connectivity index (χ4n) is 1.51. The third kappa shape index (κ3) is 2.53. The van der Waals surface area contributed by atoms with Gasteiger partial charge >= 0.3 is 0 Å². The zero-order valence-corrected chi connectivity index (χ0v) is 12.2. The van der Waals surface area contributed by atoms with E-state index in [2.05, 4.69) is 39.3 Å². The number of thiazole rings is 1. The minimum Gasteiger partial charge on any atom is -0.326 e. The summed E-state index contributed by atoms with van der Waals surface area (Å²) in [6.07, 6.45) is 2.14. The molecule has 0 radical (unpaired) electrons. The van der Waals surface area contributed by atoms with Gasteiger partial charge < -0.3 is 5.73 Å². The summed E-state index contributed by atoms with van der Waals surface area (Å²) in [5.74, 6) is 0. The van der Waals surface area contributed by atoms with Gasteiger partial charge in [-0.15, -0.1) is 22.7 Å². The molecule has 2 N–H and O–H groups in total. The molecule has 0 aromatic carbocycles. The molecule has 5 heteroatoms. The Morgan fingerprint density at radius 2 is 2.31 bits per heavy atom. The van der Waals surface area contributed by atoms with Crippen molar-refractivity contribution in [3.63, 3.8) is 0 Å². The van der Waals surface area contributed by atoms with E-state index in [4.69, 9.17) is 5.73 Å². The van der Waals surface area contributed by atoms with E-state index in [1.54, 1.807) is 22.7 Å². The second-order valence-electron chi connectivity index (χ2n) is 3.47. The smallest absolute Gasteiger partial charge is 0.133 e. The van der Waals surface area contributed by atoms with E-state index in [1.807, 2.05) is 0 Å². The van der Waals surface area contributed by atoms with Crippen LogP contribution in [0.4, 0.5) is 0 Å². The number of thiophene rings is 1. The van der Waals surface area contributed by atoms with Crippen molar-refractivity contribution < 1.29 is 0 Å². The maximum atomic E-state index is 5.74. The van der Waals surface area contributed by atoms with Crippen molar-refractivity contribution in [3.8, 4) is 9.88 Å². The Balaban J connectivity index is 2.35. The van der Waals surface area contributed by atoms with Crippen molar-refractivity contribution in [2.75, 3.05) is 0 Å². The van der Waals surface area contributed by atoms with Crippen molar-refractivity contribution in [2.45, 2.75) is 26.3 Å². The van der Waals surface area contributed by atoms with Crippen LogP contribution in [0, 0.1) is 0 Å². The van der Waals surface area contributed by atoms with Crippen molar-refractivity contribution in [3.05, 3.63) is 26.5 Å². The van der Waals surface area contributed by atoms with Crippen LogP contribution >= 0.6 is 38.6 Å². The number of halogens is 1. The van der Waals surface area contributed by atoms with Gasteiger partial charge in [0.2, 0.25) is 0 Å². The highest BCUT2D eigenvalue weighted by molar-refractivity contribution is 9.10. The molecule has 0 unspecified atom stereocenters. The Bertz CT molecular complexity index is 476. The topological polar surface area (TPSA) is 38.9 Å².